The third-order valence-corrected chi connectivity index (χ3v) is 7.10. The number of pyridine rings is 1. The van der Waals surface area contributed by atoms with E-state index in [0.29, 0.717) is 61.1 Å². The fraction of sp³-hybridized carbons (Fsp3) is 0.400. The Morgan fingerprint density at radius 3 is 2.68 bits per heavy atom. The number of benzene rings is 1. The Bertz CT molecular complexity index is 1380. The van der Waals surface area contributed by atoms with Crippen molar-refractivity contribution < 1.29 is 32.3 Å². The van der Waals surface area contributed by atoms with E-state index >= 15 is 4.39 Å². The van der Waals surface area contributed by atoms with Crippen LogP contribution in [0.3, 0.4) is 0 Å². The first-order valence-electron chi connectivity index (χ1n) is 12.0. The van der Waals surface area contributed by atoms with Crippen LogP contribution < -0.4 is 10.5 Å². The summed E-state index contributed by atoms with van der Waals surface area (Å²) in [5.74, 6) is -1.51. The number of carbonyl (C=O) groups excluding carboxylic acids is 1. The highest BCUT2D eigenvalue weighted by Crippen LogP contribution is 2.39. The molecule has 0 radical (unpaired) electrons. The molecule has 0 unspecified atom stereocenters. The van der Waals surface area contributed by atoms with E-state index in [1.165, 1.54) is 12.3 Å². The van der Waals surface area contributed by atoms with Crippen molar-refractivity contribution in [3.8, 4) is 5.75 Å². The van der Waals surface area contributed by atoms with E-state index in [1.54, 1.807) is 4.90 Å². The van der Waals surface area contributed by atoms with Crippen LogP contribution in [0.4, 0.5) is 23.2 Å². The van der Waals surface area contributed by atoms with Crippen molar-refractivity contribution >= 4 is 28.3 Å². The Morgan fingerprint density at radius 2 is 2.00 bits per heavy atom. The van der Waals surface area contributed by atoms with E-state index in [1.807, 2.05) is 0 Å². The molecular formula is C25H25F4N5O3. The van der Waals surface area contributed by atoms with Crippen molar-refractivity contribution in [2.45, 2.75) is 50.8 Å². The number of nitrogens with two attached hydrogens (primary N) is 1. The lowest BCUT2D eigenvalue weighted by Gasteiger charge is -2.33. The van der Waals surface area contributed by atoms with Crippen LogP contribution in [0.5, 0.6) is 5.75 Å². The summed E-state index contributed by atoms with van der Waals surface area (Å²) in [5, 5.41) is 13.5. The fourth-order valence-electron chi connectivity index (χ4n) is 5.40. The summed E-state index contributed by atoms with van der Waals surface area (Å²) in [6, 6.07) is 3.23. The van der Waals surface area contributed by atoms with Gasteiger partial charge in [0.1, 0.15) is 17.2 Å². The van der Waals surface area contributed by atoms with Crippen LogP contribution in [0.15, 0.2) is 29.6 Å². The third kappa shape index (κ3) is 4.92. The van der Waals surface area contributed by atoms with Gasteiger partial charge in [-0.05, 0) is 55.7 Å². The zero-order chi connectivity index (χ0) is 26.3. The average molecular weight is 519 g/mol. The molecule has 2 aliphatic rings. The highest BCUT2D eigenvalue weighted by Gasteiger charge is 2.33. The maximum absolute atomic E-state index is 15.2. The minimum atomic E-state index is -4.86. The highest BCUT2D eigenvalue weighted by molar-refractivity contribution is 5.99. The Hall–Kier alpha value is -3.83. The van der Waals surface area contributed by atoms with Gasteiger partial charge in [-0.2, -0.15) is 0 Å². The van der Waals surface area contributed by atoms with Crippen LogP contribution in [0.25, 0.3) is 11.0 Å². The maximum atomic E-state index is 15.2. The van der Waals surface area contributed by atoms with Crippen LogP contribution in [0.1, 0.15) is 58.8 Å². The molecule has 0 spiro atoms. The predicted molar refractivity (Wildman–Crippen MR) is 127 cm³/mol. The molecule has 1 aromatic carbocycles. The van der Waals surface area contributed by atoms with Crippen LogP contribution in [0, 0.1) is 5.82 Å². The summed E-state index contributed by atoms with van der Waals surface area (Å²) in [6.07, 6.45) is -0.0676. The molecule has 0 bridgehead atoms. The molecule has 12 heteroatoms. The molecule has 1 aliphatic carbocycles. The number of hydrogen-bond acceptors (Lipinski definition) is 6. The molecule has 2 aromatic heterocycles. The summed E-state index contributed by atoms with van der Waals surface area (Å²) in [7, 11) is 0. The molecular weight excluding hydrogens is 494 g/mol. The van der Waals surface area contributed by atoms with Crippen LogP contribution >= 0.6 is 0 Å². The summed E-state index contributed by atoms with van der Waals surface area (Å²) in [4.78, 5) is 22.2. The largest absolute Gasteiger partial charge is 0.573 e. The molecule has 0 saturated carbocycles. The van der Waals surface area contributed by atoms with E-state index in [-0.39, 0.29) is 17.2 Å². The number of nitrogens with one attached hydrogen (secondary N) is 1. The first-order valence-corrected chi connectivity index (χ1v) is 12.0. The molecule has 3 heterocycles. The number of H-pyrrole nitrogens is 1. The number of piperidine rings is 1. The van der Waals surface area contributed by atoms with Gasteiger partial charge in [0.25, 0.3) is 5.91 Å². The van der Waals surface area contributed by atoms with E-state index in [4.69, 9.17) is 5.73 Å². The number of ether oxygens (including phenoxy) is 1. The molecule has 1 amide bonds. The second-order valence-electron chi connectivity index (χ2n) is 9.39. The smallest absolute Gasteiger partial charge is 0.411 e. The van der Waals surface area contributed by atoms with Gasteiger partial charge in [-0.15, -0.1) is 13.2 Å². The van der Waals surface area contributed by atoms with Crippen LogP contribution in [0.2, 0.25) is 0 Å². The summed E-state index contributed by atoms with van der Waals surface area (Å²) >= 11 is 0. The molecule has 5 rings (SSSR count). The number of likely N-dealkylation sites (tertiary alicyclic amines) is 1. The van der Waals surface area contributed by atoms with Crippen LogP contribution in [-0.4, -0.2) is 51.1 Å². The first kappa shape index (κ1) is 24.8. The van der Waals surface area contributed by atoms with Crippen molar-refractivity contribution in [2.24, 2.45) is 5.16 Å². The molecule has 8 nitrogen and oxygen atoms in total. The number of carbonyl (C=O) groups is 1. The van der Waals surface area contributed by atoms with Gasteiger partial charge in [-0.25, -0.2) is 9.37 Å². The van der Waals surface area contributed by atoms with Gasteiger partial charge in [0.2, 0.25) is 0 Å². The number of aromatic nitrogens is 2. The van der Waals surface area contributed by atoms with E-state index in [9.17, 15) is 23.2 Å². The second-order valence-corrected chi connectivity index (χ2v) is 9.39. The minimum Gasteiger partial charge on any atom is -0.411 e. The predicted octanol–water partition coefficient (Wildman–Crippen LogP) is 4.91. The topological polar surface area (TPSA) is 117 Å². The third-order valence-electron chi connectivity index (χ3n) is 7.10. The molecule has 1 saturated heterocycles. The number of oxime groups is 1. The summed E-state index contributed by atoms with van der Waals surface area (Å²) in [5.41, 5.74) is 9.45. The average Bonchev–Trinajstić information content (AvgIpc) is 3.06. The summed E-state index contributed by atoms with van der Waals surface area (Å²) in [6.45, 7) is 0.645. The van der Waals surface area contributed by atoms with Gasteiger partial charge in [0.05, 0.1) is 17.5 Å². The normalized spacial score (nSPS) is 18.2. The molecule has 196 valence electrons. The van der Waals surface area contributed by atoms with Gasteiger partial charge in [0.15, 0.2) is 0 Å². The molecule has 1 aliphatic heterocycles. The Labute approximate surface area is 209 Å². The van der Waals surface area contributed by atoms with Crippen molar-refractivity contribution in [3.05, 3.63) is 52.6 Å². The van der Waals surface area contributed by atoms with Gasteiger partial charge in [-0.1, -0.05) is 5.16 Å². The maximum Gasteiger partial charge on any atom is 0.573 e. The number of nitrogens with zero attached hydrogens (tertiary/aromatic N) is 3. The molecule has 1 fully saturated rings. The number of aryl methyl sites for hydroxylation is 1. The van der Waals surface area contributed by atoms with Crippen molar-refractivity contribution in [1.29, 1.82) is 0 Å². The van der Waals surface area contributed by atoms with Crippen molar-refractivity contribution in [1.82, 2.24) is 14.9 Å². The molecule has 4 N–H and O–H groups in total. The molecule has 0 atom stereocenters. The zero-order valence-corrected chi connectivity index (χ0v) is 19.7. The minimum absolute atomic E-state index is 0.0808. The van der Waals surface area contributed by atoms with Crippen LogP contribution in [-0.2, 0) is 12.8 Å². The number of alkyl halides is 3. The lowest BCUT2D eigenvalue weighted by Crippen LogP contribution is -2.38. The lowest BCUT2D eigenvalue weighted by atomic mass is 9.86. The monoisotopic (exact) mass is 519 g/mol. The lowest BCUT2D eigenvalue weighted by molar-refractivity contribution is -0.274. The van der Waals surface area contributed by atoms with Gasteiger partial charge in [-0.3, -0.25) is 4.79 Å². The fourth-order valence-corrected chi connectivity index (χ4v) is 5.40. The second kappa shape index (κ2) is 9.56. The Morgan fingerprint density at radius 1 is 1.24 bits per heavy atom. The number of nitrogen functional groups attached to an aromatic ring is 1. The number of amides is 1. The number of aromatic amines is 1. The van der Waals surface area contributed by atoms with Gasteiger partial charge in [0, 0.05) is 47.9 Å². The Balaban J connectivity index is 1.37. The molecule has 3 aromatic rings. The number of anilines is 1. The van der Waals surface area contributed by atoms with Gasteiger partial charge >= 0.3 is 6.36 Å². The number of fused-ring (bicyclic) bond motifs is 3. The highest BCUT2D eigenvalue weighted by atomic mass is 19.4. The quantitative estimate of drug-likeness (QED) is 0.149. The van der Waals surface area contributed by atoms with E-state index in [0.717, 1.165) is 36.2 Å². The Kier molecular flexibility index (Phi) is 6.42. The zero-order valence-electron chi connectivity index (χ0n) is 19.7. The SMILES string of the molecule is Nc1cc(OC(F)(F)F)ccc1C(=O)N1CCC(c2c(F)cnc3[nH]c4c(c23)C/C(=N\O)CCC4)CC1. The van der Waals surface area contributed by atoms with E-state index < -0.39 is 23.8 Å². The van der Waals surface area contributed by atoms with Crippen molar-refractivity contribution in [3.63, 3.8) is 0 Å². The molecule has 37 heavy (non-hydrogen) atoms. The number of hydrogen-bond donors (Lipinski definition) is 3. The number of halogens is 4. The van der Waals surface area contributed by atoms with Crippen molar-refractivity contribution in [2.75, 3.05) is 18.8 Å². The van der Waals surface area contributed by atoms with E-state index in [2.05, 4.69) is 19.9 Å². The first-order chi connectivity index (χ1) is 17.6. The van der Waals surface area contributed by atoms with Gasteiger partial charge < -0.3 is 25.6 Å². The number of rotatable bonds is 3. The summed E-state index contributed by atoms with van der Waals surface area (Å²) < 4.78 is 56.5. The standard InChI is InChI=1S/C25H25F4N5O3/c26-18-12-31-23-22(17-10-14(33-36)2-1-3-20(17)32-23)21(18)13-6-8-34(9-7-13)24(35)16-5-4-15(11-19(16)30)37-25(27,28)29/h4-5,11-13,36H,1-3,6-10,30H2,(H,31,32)/b33-14-.